The van der Waals surface area contributed by atoms with Crippen LogP contribution in [0.2, 0.25) is 0 Å². The van der Waals surface area contributed by atoms with Crippen LogP contribution >= 0.6 is 15.9 Å². The van der Waals surface area contributed by atoms with E-state index in [1.807, 2.05) is 0 Å². The topological polar surface area (TPSA) is 149 Å². The van der Waals surface area contributed by atoms with Crippen LogP contribution in [-0.4, -0.2) is 31.0 Å². The monoisotopic (exact) mass is 508 g/mol. The minimum absolute atomic E-state index is 0.0576. The number of nitrogens with zero attached hydrogens (tertiary/aromatic N) is 3. The predicted molar refractivity (Wildman–Crippen MR) is 123 cm³/mol. The summed E-state index contributed by atoms with van der Waals surface area (Å²) in [4.78, 5) is 8.44. The predicted octanol–water partition coefficient (Wildman–Crippen LogP) is 3.52. The molecule has 0 unspecified atom stereocenters. The van der Waals surface area contributed by atoms with Crippen molar-refractivity contribution in [2.45, 2.75) is 0 Å². The number of nitrogens with one attached hydrogen (secondary N) is 4. The van der Waals surface area contributed by atoms with E-state index in [9.17, 15) is 12.8 Å². The summed E-state index contributed by atoms with van der Waals surface area (Å²) in [6, 6.07) is 10.7. The molecule has 6 N–H and O–H groups in total. The molecule has 0 fully saturated rings. The first-order valence-electron chi connectivity index (χ1n) is 8.64. The summed E-state index contributed by atoms with van der Waals surface area (Å²) in [7, 11) is -3.49. The molecule has 3 rings (SSSR count). The van der Waals surface area contributed by atoms with Crippen molar-refractivity contribution >= 4 is 66.8 Å². The molecular weight excluding hydrogens is 491 g/mol. The van der Waals surface area contributed by atoms with Crippen molar-refractivity contribution in [3.8, 4) is 0 Å². The van der Waals surface area contributed by atoms with Gasteiger partial charge in [-0.3, -0.25) is 15.1 Å². The zero-order chi connectivity index (χ0) is 22.6. The summed E-state index contributed by atoms with van der Waals surface area (Å²) in [6.45, 7) is 0. The molecule has 0 radical (unpaired) electrons. The number of nitrogens with two attached hydrogens (primary N) is 1. The van der Waals surface area contributed by atoms with Gasteiger partial charge in [0, 0.05) is 6.20 Å². The summed E-state index contributed by atoms with van der Waals surface area (Å²) >= 11 is 3.34. The Kier molecular flexibility index (Phi) is 6.68. The Morgan fingerprint density at radius 1 is 1.16 bits per heavy atom. The minimum atomic E-state index is -3.49. The lowest BCUT2D eigenvalue weighted by atomic mass is 10.2. The molecule has 10 nitrogen and oxygen atoms in total. The molecule has 0 saturated carbocycles. The van der Waals surface area contributed by atoms with Gasteiger partial charge < -0.3 is 10.6 Å². The van der Waals surface area contributed by atoms with E-state index in [-0.39, 0.29) is 11.6 Å². The number of aromatic nitrogens is 2. The highest BCUT2D eigenvalue weighted by molar-refractivity contribution is 9.10. The van der Waals surface area contributed by atoms with Gasteiger partial charge in [0.25, 0.3) is 0 Å². The maximum atomic E-state index is 14.2. The molecule has 0 atom stereocenters. The van der Waals surface area contributed by atoms with Gasteiger partial charge in [-0.2, -0.15) is 4.98 Å². The molecule has 0 saturated heterocycles. The van der Waals surface area contributed by atoms with Crippen molar-refractivity contribution in [3.63, 3.8) is 0 Å². The Labute approximate surface area is 186 Å². The van der Waals surface area contributed by atoms with Gasteiger partial charge in [-0.15, -0.1) is 0 Å². The van der Waals surface area contributed by atoms with E-state index in [1.54, 1.807) is 24.3 Å². The van der Waals surface area contributed by atoms with Gasteiger partial charge in [-0.1, -0.05) is 12.1 Å². The number of hydrogen-bond donors (Lipinski definition) is 5. The first kappa shape index (κ1) is 22.4. The normalized spacial score (nSPS) is 11.0. The summed E-state index contributed by atoms with van der Waals surface area (Å²) in [5.74, 6) is 5.47. The summed E-state index contributed by atoms with van der Waals surface area (Å²) in [6.07, 6.45) is 3.39. The molecule has 1 heterocycles. The Bertz CT molecular complexity index is 1220. The number of rotatable bonds is 8. The van der Waals surface area contributed by atoms with Crippen LogP contribution in [0, 0.1) is 11.2 Å². The van der Waals surface area contributed by atoms with Crippen LogP contribution < -0.4 is 26.2 Å². The van der Waals surface area contributed by atoms with E-state index < -0.39 is 15.8 Å². The van der Waals surface area contributed by atoms with E-state index in [4.69, 9.17) is 11.3 Å². The van der Waals surface area contributed by atoms with E-state index in [1.165, 1.54) is 24.4 Å². The molecule has 0 bridgehead atoms. The summed E-state index contributed by atoms with van der Waals surface area (Å²) < 4.78 is 40.4. The Morgan fingerprint density at radius 2 is 1.87 bits per heavy atom. The lowest BCUT2D eigenvalue weighted by molar-refractivity contribution is 0.607. The lowest BCUT2D eigenvalue weighted by Gasteiger charge is -2.15. The highest BCUT2D eigenvalue weighted by Crippen LogP contribution is 2.30. The third kappa shape index (κ3) is 5.87. The summed E-state index contributed by atoms with van der Waals surface area (Å²) in [5, 5.41) is 14.0. The van der Waals surface area contributed by atoms with E-state index in [0.717, 1.165) is 17.6 Å². The van der Waals surface area contributed by atoms with E-state index in [0.29, 0.717) is 27.4 Å². The number of anilines is 6. The summed E-state index contributed by atoms with van der Waals surface area (Å²) in [5.41, 5.74) is 1.23. The fourth-order valence-electron chi connectivity index (χ4n) is 2.49. The maximum absolute atomic E-state index is 14.2. The highest BCUT2D eigenvalue weighted by atomic mass is 79.9. The van der Waals surface area contributed by atoms with Crippen molar-refractivity contribution in [2.75, 3.05) is 26.6 Å². The third-order valence-electron chi connectivity index (χ3n) is 3.85. The average molecular weight is 509 g/mol. The lowest BCUT2D eigenvalue weighted by Crippen LogP contribution is -2.28. The van der Waals surface area contributed by atoms with Gasteiger partial charge in [0.1, 0.15) is 18.0 Å². The molecule has 13 heteroatoms. The largest absolute Gasteiger partial charge is 0.337 e. The SMILES string of the molecule is CS(=O)(=O)Nc1ccccc1Nc1nc(Nc2cc(N(N)C=N)ccc2F)ncc1Br. The number of sulfonamides is 1. The first-order chi connectivity index (χ1) is 14.7. The third-order valence-corrected chi connectivity index (χ3v) is 5.02. The van der Waals surface area contributed by atoms with Crippen molar-refractivity contribution in [3.05, 3.63) is 59.0 Å². The number of hydrazine groups is 1. The number of para-hydroxylation sites is 2. The van der Waals surface area contributed by atoms with Gasteiger partial charge in [0.15, 0.2) is 0 Å². The standard InChI is InChI=1S/C18H18BrFN8O2S/c1-31(29,30)27-15-5-3-2-4-14(15)24-17-12(19)9-23-18(26-17)25-16-8-11(28(22)10-21)6-7-13(16)20/h2-10,21,27H,22H2,1H3,(H2,23,24,25,26). The smallest absolute Gasteiger partial charge is 0.229 e. The molecule has 31 heavy (non-hydrogen) atoms. The van der Waals surface area contributed by atoms with E-state index in [2.05, 4.69) is 41.3 Å². The average Bonchev–Trinajstić information content (AvgIpc) is 2.72. The van der Waals surface area contributed by atoms with Gasteiger partial charge in [0.05, 0.1) is 33.5 Å². The Morgan fingerprint density at radius 3 is 2.55 bits per heavy atom. The van der Waals surface area contributed by atoms with Crippen LogP contribution in [0.5, 0.6) is 0 Å². The van der Waals surface area contributed by atoms with Crippen molar-refractivity contribution in [1.29, 1.82) is 5.41 Å². The second-order valence-corrected chi connectivity index (χ2v) is 8.86. The molecule has 0 aliphatic carbocycles. The van der Waals surface area contributed by atoms with Crippen LogP contribution in [0.1, 0.15) is 0 Å². The molecule has 3 aromatic rings. The van der Waals surface area contributed by atoms with E-state index >= 15 is 0 Å². The molecule has 2 aromatic carbocycles. The van der Waals surface area contributed by atoms with Crippen LogP contribution in [0.25, 0.3) is 0 Å². The van der Waals surface area contributed by atoms with Gasteiger partial charge >= 0.3 is 0 Å². The van der Waals surface area contributed by atoms with Crippen LogP contribution in [0.15, 0.2) is 53.1 Å². The number of halogens is 2. The molecule has 0 aliphatic heterocycles. The molecular formula is C18H18BrFN8O2S. The van der Waals surface area contributed by atoms with Gasteiger partial charge in [-0.05, 0) is 46.3 Å². The molecule has 0 aliphatic rings. The molecule has 1 aromatic heterocycles. The van der Waals surface area contributed by atoms with Crippen LogP contribution in [-0.2, 0) is 10.0 Å². The molecule has 0 spiro atoms. The molecule has 0 amide bonds. The van der Waals surface area contributed by atoms with Crippen molar-refractivity contribution in [2.24, 2.45) is 5.84 Å². The van der Waals surface area contributed by atoms with Crippen LogP contribution in [0.4, 0.5) is 38.9 Å². The minimum Gasteiger partial charge on any atom is -0.337 e. The van der Waals surface area contributed by atoms with Crippen LogP contribution in [0.3, 0.4) is 0 Å². The van der Waals surface area contributed by atoms with Gasteiger partial charge in [0.2, 0.25) is 16.0 Å². The maximum Gasteiger partial charge on any atom is 0.229 e. The van der Waals surface area contributed by atoms with Gasteiger partial charge in [-0.25, -0.2) is 23.6 Å². The Hall–Kier alpha value is -3.29. The first-order valence-corrected chi connectivity index (χ1v) is 11.3. The number of hydrogen-bond acceptors (Lipinski definition) is 8. The molecule has 162 valence electrons. The Balaban J connectivity index is 1.90. The quantitative estimate of drug-likeness (QED) is 0.134. The highest BCUT2D eigenvalue weighted by Gasteiger charge is 2.13. The van der Waals surface area contributed by atoms with Crippen molar-refractivity contribution in [1.82, 2.24) is 9.97 Å². The zero-order valence-corrected chi connectivity index (χ0v) is 18.5. The van der Waals surface area contributed by atoms with Crippen molar-refractivity contribution < 1.29 is 12.8 Å². The second kappa shape index (κ2) is 9.24. The zero-order valence-electron chi connectivity index (χ0n) is 16.1. The number of benzene rings is 2. The fourth-order valence-corrected chi connectivity index (χ4v) is 3.36. The second-order valence-electron chi connectivity index (χ2n) is 6.26. The fraction of sp³-hybridized carbons (Fsp3) is 0.0556.